The van der Waals surface area contributed by atoms with Crippen LogP contribution in [0.25, 0.3) is 11.0 Å². The number of hydrogen-bond donors (Lipinski definition) is 1. The largest absolute Gasteiger partial charge is 0.369 e. The second kappa shape index (κ2) is 8.37. The van der Waals surface area contributed by atoms with E-state index in [-0.39, 0.29) is 10.9 Å². The van der Waals surface area contributed by atoms with Gasteiger partial charge in [0.05, 0.1) is 11.7 Å². The van der Waals surface area contributed by atoms with E-state index in [2.05, 4.69) is 49.4 Å². The SMILES string of the molecule is Cc1ccc(N2CCN(C)CC2)c2c1CC[C@@H](NS(=O)(=O)c1c(C)ccc3nsnc13)C2. The van der Waals surface area contributed by atoms with Gasteiger partial charge in [-0.25, -0.2) is 13.1 Å². The van der Waals surface area contributed by atoms with Crippen LogP contribution in [-0.2, 0) is 22.9 Å². The highest BCUT2D eigenvalue weighted by molar-refractivity contribution is 7.89. The van der Waals surface area contributed by atoms with Crippen LogP contribution in [0.1, 0.15) is 28.7 Å². The van der Waals surface area contributed by atoms with E-state index in [1.165, 1.54) is 22.4 Å². The number of hydrogen-bond acceptors (Lipinski definition) is 7. The molecule has 0 unspecified atom stereocenters. The summed E-state index contributed by atoms with van der Waals surface area (Å²) in [6, 6.07) is 7.94. The molecule has 1 fully saturated rings. The molecule has 32 heavy (non-hydrogen) atoms. The second-order valence-electron chi connectivity index (χ2n) is 9.05. The molecule has 1 atom stereocenters. The summed E-state index contributed by atoms with van der Waals surface area (Å²) >= 11 is 1.05. The smallest absolute Gasteiger partial charge is 0.243 e. The van der Waals surface area contributed by atoms with Crippen molar-refractivity contribution in [3.05, 3.63) is 46.5 Å². The molecule has 1 N–H and O–H groups in total. The zero-order chi connectivity index (χ0) is 22.5. The van der Waals surface area contributed by atoms with Crippen LogP contribution in [0.15, 0.2) is 29.2 Å². The van der Waals surface area contributed by atoms with Crippen LogP contribution >= 0.6 is 11.7 Å². The van der Waals surface area contributed by atoms with Crippen molar-refractivity contribution in [3.63, 3.8) is 0 Å². The molecule has 0 spiro atoms. The number of sulfonamides is 1. The van der Waals surface area contributed by atoms with Crippen molar-refractivity contribution < 1.29 is 8.42 Å². The molecule has 1 aliphatic carbocycles. The molecule has 2 aromatic carbocycles. The average Bonchev–Trinajstić information content (AvgIpc) is 3.22. The predicted molar refractivity (Wildman–Crippen MR) is 129 cm³/mol. The first-order valence-electron chi connectivity index (χ1n) is 11.1. The minimum Gasteiger partial charge on any atom is -0.369 e. The number of piperazine rings is 1. The summed E-state index contributed by atoms with van der Waals surface area (Å²) in [7, 11) is -1.55. The lowest BCUT2D eigenvalue weighted by Gasteiger charge is -2.37. The molecule has 5 rings (SSSR count). The summed E-state index contributed by atoms with van der Waals surface area (Å²) in [4.78, 5) is 5.07. The van der Waals surface area contributed by atoms with E-state index >= 15 is 0 Å². The molecule has 1 saturated heterocycles. The number of rotatable bonds is 4. The monoisotopic (exact) mass is 471 g/mol. The van der Waals surface area contributed by atoms with Gasteiger partial charge in [0, 0.05) is 37.9 Å². The lowest BCUT2D eigenvalue weighted by atomic mass is 9.84. The fraction of sp³-hybridized carbons (Fsp3) is 0.478. The third-order valence-corrected chi connectivity index (χ3v) is 9.09. The number of nitrogens with zero attached hydrogens (tertiary/aromatic N) is 4. The van der Waals surface area contributed by atoms with E-state index in [1.54, 1.807) is 0 Å². The Bertz CT molecular complexity index is 1260. The number of anilines is 1. The van der Waals surface area contributed by atoms with Gasteiger partial charge in [0.1, 0.15) is 15.9 Å². The van der Waals surface area contributed by atoms with Gasteiger partial charge < -0.3 is 9.80 Å². The number of aryl methyl sites for hydroxylation is 2. The molecule has 0 radical (unpaired) electrons. The summed E-state index contributed by atoms with van der Waals surface area (Å²) in [6.07, 6.45) is 2.39. The van der Waals surface area contributed by atoms with Crippen molar-refractivity contribution in [2.75, 3.05) is 38.1 Å². The standard InChI is InChI=1S/C23H29N5O2S2/c1-15-5-9-21(28-12-10-27(3)11-13-28)19-14-17(6-7-18(15)19)26-32(29,30)23-16(2)4-8-20-22(23)25-31-24-20/h4-5,8-9,17,26H,6-7,10-14H2,1-3H3/t17-/m1/s1. The van der Waals surface area contributed by atoms with E-state index in [0.29, 0.717) is 23.0 Å². The molecule has 2 aliphatic rings. The fourth-order valence-electron chi connectivity index (χ4n) is 5.03. The van der Waals surface area contributed by atoms with Gasteiger partial charge in [0.25, 0.3) is 0 Å². The van der Waals surface area contributed by atoms with Gasteiger partial charge in [0.15, 0.2) is 0 Å². The third-order valence-electron chi connectivity index (χ3n) is 6.85. The van der Waals surface area contributed by atoms with Crippen molar-refractivity contribution in [2.45, 2.75) is 44.0 Å². The molecule has 2 heterocycles. The Balaban J connectivity index is 1.45. The summed E-state index contributed by atoms with van der Waals surface area (Å²) in [5.74, 6) is 0. The molecule has 1 aromatic heterocycles. The van der Waals surface area contributed by atoms with Crippen LogP contribution < -0.4 is 9.62 Å². The fourth-order valence-corrected chi connectivity index (χ4v) is 7.29. The van der Waals surface area contributed by atoms with Crippen LogP contribution in [0, 0.1) is 13.8 Å². The van der Waals surface area contributed by atoms with Crippen molar-refractivity contribution in [1.82, 2.24) is 18.4 Å². The number of nitrogens with one attached hydrogen (secondary N) is 1. The lowest BCUT2D eigenvalue weighted by molar-refractivity contribution is 0.312. The predicted octanol–water partition coefficient (Wildman–Crippen LogP) is 2.90. The van der Waals surface area contributed by atoms with Gasteiger partial charge in [-0.05, 0) is 74.5 Å². The van der Waals surface area contributed by atoms with Gasteiger partial charge in [0.2, 0.25) is 10.0 Å². The summed E-state index contributed by atoms with van der Waals surface area (Å²) in [5.41, 5.74) is 7.05. The maximum absolute atomic E-state index is 13.4. The molecule has 0 amide bonds. The minimum absolute atomic E-state index is 0.137. The quantitative estimate of drug-likeness (QED) is 0.630. The Hall–Kier alpha value is -2.07. The zero-order valence-corrected chi connectivity index (χ0v) is 20.4. The highest BCUT2D eigenvalue weighted by atomic mass is 32.2. The molecule has 7 nitrogen and oxygen atoms in total. The molecule has 1 aliphatic heterocycles. The highest BCUT2D eigenvalue weighted by Gasteiger charge is 2.30. The van der Waals surface area contributed by atoms with Crippen molar-refractivity contribution in [1.29, 1.82) is 0 Å². The van der Waals surface area contributed by atoms with E-state index in [1.807, 2.05) is 19.1 Å². The summed E-state index contributed by atoms with van der Waals surface area (Å²) in [5, 5.41) is 0. The Morgan fingerprint density at radius 2 is 1.75 bits per heavy atom. The molecule has 0 bridgehead atoms. The van der Waals surface area contributed by atoms with E-state index in [9.17, 15) is 8.42 Å². The highest BCUT2D eigenvalue weighted by Crippen LogP contribution is 2.34. The molecular formula is C23H29N5O2S2. The van der Waals surface area contributed by atoms with Crippen molar-refractivity contribution in [3.8, 4) is 0 Å². The maximum atomic E-state index is 13.4. The summed E-state index contributed by atoms with van der Waals surface area (Å²) < 4.78 is 38.4. The van der Waals surface area contributed by atoms with Crippen molar-refractivity contribution in [2.24, 2.45) is 0 Å². The van der Waals surface area contributed by atoms with Crippen LogP contribution in [0.4, 0.5) is 5.69 Å². The Kier molecular flexibility index (Phi) is 5.69. The topological polar surface area (TPSA) is 78.4 Å². The summed E-state index contributed by atoms with van der Waals surface area (Å²) in [6.45, 7) is 8.07. The van der Waals surface area contributed by atoms with Gasteiger partial charge in [-0.15, -0.1) is 0 Å². The van der Waals surface area contributed by atoms with E-state index < -0.39 is 10.0 Å². The molecular weight excluding hydrogens is 442 g/mol. The molecule has 170 valence electrons. The van der Waals surface area contributed by atoms with Gasteiger partial charge in [-0.1, -0.05) is 12.1 Å². The first-order valence-corrected chi connectivity index (χ1v) is 13.3. The Labute approximate surface area is 193 Å². The third kappa shape index (κ3) is 3.91. The van der Waals surface area contributed by atoms with Gasteiger partial charge >= 0.3 is 0 Å². The molecule has 3 aromatic rings. The van der Waals surface area contributed by atoms with E-state index in [4.69, 9.17) is 0 Å². The lowest BCUT2D eigenvalue weighted by Crippen LogP contribution is -2.45. The number of aromatic nitrogens is 2. The van der Waals surface area contributed by atoms with Crippen LogP contribution in [0.5, 0.6) is 0 Å². The Morgan fingerprint density at radius 1 is 1.00 bits per heavy atom. The van der Waals surface area contributed by atoms with Crippen LogP contribution in [0.2, 0.25) is 0 Å². The van der Waals surface area contributed by atoms with Gasteiger partial charge in [-0.2, -0.15) is 8.75 Å². The minimum atomic E-state index is -3.71. The molecule has 9 heteroatoms. The number of fused-ring (bicyclic) bond motifs is 2. The zero-order valence-electron chi connectivity index (χ0n) is 18.8. The van der Waals surface area contributed by atoms with E-state index in [0.717, 1.165) is 50.7 Å². The molecule has 0 saturated carbocycles. The Morgan fingerprint density at radius 3 is 2.53 bits per heavy atom. The first-order chi connectivity index (χ1) is 15.3. The van der Waals surface area contributed by atoms with Crippen LogP contribution in [-0.4, -0.2) is 61.3 Å². The average molecular weight is 472 g/mol. The number of benzene rings is 2. The van der Waals surface area contributed by atoms with Crippen molar-refractivity contribution >= 4 is 38.5 Å². The number of likely N-dealkylation sites (N-methyl/N-ethyl adjacent to an activating group) is 1. The maximum Gasteiger partial charge on any atom is 0.243 e. The second-order valence-corrected chi connectivity index (χ2v) is 11.2. The van der Waals surface area contributed by atoms with Gasteiger partial charge in [-0.3, -0.25) is 0 Å². The first kappa shape index (κ1) is 21.8. The normalized spacial score (nSPS) is 20.0. The van der Waals surface area contributed by atoms with Crippen LogP contribution in [0.3, 0.4) is 0 Å².